The average Bonchev–Trinajstić information content (AvgIpc) is 2.75. The molecule has 0 aliphatic carbocycles. The van der Waals surface area contributed by atoms with Crippen LogP contribution in [-0.4, -0.2) is 33.1 Å². The van der Waals surface area contributed by atoms with Crippen molar-refractivity contribution in [1.82, 2.24) is 14.8 Å². The first-order valence-electron chi connectivity index (χ1n) is 6.06. The van der Waals surface area contributed by atoms with Gasteiger partial charge in [0.15, 0.2) is 0 Å². The molecule has 0 aromatic carbocycles. The number of aliphatic hydroxyl groups excluding tert-OH is 1. The van der Waals surface area contributed by atoms with Crippen LogP contribution in [0.15, 0.2) is 0 Å². The number of aromatic nitrogens is 3. The van der Waals surface area contributed by atoms with Crippen molar-refractivity contribution in [2.75, 3.05) is 13.2 Å². The summed E-state index contributed by atoms with van der Waals surface area (Å²) >= 11 is 0. The molecule has 0 bridgehead atoms. The lowest BCUT2D eigenvalue weighted by molar-refractivity contribution is 0.0603. The first-order chi connectivity index (χ1) is 7.86. The molecule has 1 fully saturated rings. The Labute approximate surface area is 94.4 Å². The minimum atomic E-state index is -0.420. The fourth-order valence-corrected chi connectivity index (χ4v) is 2.64. The quantitative estimate of drug-likeness (QED) is 0.771. The molecule has 16 heavy (non-hydrogen) atoms. The Morgan fingerprint density at radius 3 is 2.81 bits per heavy atom. The van der Waals surface area contributed by atoms with Gasteiger partial charge in [-0.05, 0) is 25.7 Å². The van der Waals surface area contributed by atoms with Gasteiger partial charge in [0, 0.05) is 25.6 Å². The third-order valence-corrected chi connectivity index (χ3v) is 3.54. The van der Waals surface area contributed by atoms with Gasteiger partial charge < -0.3 is 9.84 Å². The van der Waals surface area contributed by atoms with Gasteiger partial charge in [-0.25, -0.2) is 0 Å². The van der Waals surface area contributed by atoms with Crippen LogP contribution < -0.4 is 0 Å². The minimum absolute atomic E-state index is 0.405. The van der Waals surface area contributed by atoms with E-state index < -0.39 is 6.23 Å². The maximum Gasteiger partial charge on any atom is 0.138 e. The molecule has 1 saturated heterocycles. The molecule has 3 heterocycles. The Morgan fingerprint density at radius 2 is 2.00 bits per heavy atom. The Balaban J connectivity index is 1.91. The van der Waals surface area contributed by atoms with Crippen molar-refractivity contribution in [3.63, 3.8) is 0 Å². The molecule has 88 valence electrons. The zero-order chi connectivity index (χ0) is 11.0. The van der Waals surface area contributed by atoms with Crippen molar-refractivity contribution in [2.45, 2.75) is 44.2 Å². The van der Waals surface area contributed by atoms with E-state index in [0.717, 1.165) is 57.0 Å². The van der Waals surface area contributed by atoms with Crippen LogP contribution in [0.4, 0.5) is 0 Å². The van der Waals surface area contributed by atoms with Gasteiger partial charge in [0.25, 0.3) is 0 Å². The second-order valence-electron chi connectivity index (χ2n) is 4.60. The standard InChI is InChI=1S/C11H17N3O2/c15-10-3-1-2-9-12-13-11(14(9)10)8-4-6-16-7-5-8/h8,10,15H,1-7H2. The topological polar surface area (TPSA) is 60.2 Å². The molecular formula is C11H17N3O2. The summed E-state index contributed by atoms with van der Waals surface area (Å²) < 4.78 is 7.29. The average molecular weight is 223 g/mol. The fourth-order valence-electron chi connectivity index (χ4n) is 2.64. The van der Waals surface area contributed by atoms with E-state index in [4.69, 9.17) is 4.74 Å². The Bertz CT molecular complexity index is 371. The van der Waals surface area contributed by atoms with Gasteiger partial charge in [-0.15, -0.1) is 10.2 Å². The summed E-state index contributed by atoms with van der Waals surface area (Å²) in [6.45, 7) is 1.59. The van der Waals surface area contributed by atoms with Gasteiger partial charge in [0.05, 0.1) is 0 Å². The van der Waals surface area contributed by atoms with Gasteiger partial charge >= 0.3 is 0 Å². The molecule has 0 amide bonds. The molecule has 1 N–H and O–H groups in total. The maximum atomic E-state index is 10.0. The van der Waals surface area contributed by atoms with Crippen molar-refractivity contribution in [2.24, 2.45) is 0 Å². The maximum absolute atomic E-state index is 10.0. The smallest absolute Gasteiger partial charge is 0.138 e. The molecule has 2 aliphatic rings. The van der Waals surface area contributed by atoms with Crippen molar-refractivity contribution in [1.29, 1.82) is 0 Å². The van der Waals surface area contributed by atoms with Crippen molar-refractivity contribution >= 4 is 0 Å². The second kappa shape index (κ2) is 4.14. The van der Waals surface area contributed by atoms with Crippen LogP contribution in [0.3, 0.4) is 0 Å². The molecule has 1 atom stereocenters. The highest BCUT2D eigenvalue weighted by atomic mass is 16.5. The van der Waals surface area contributed by atoms with Crippen LogP contribution in [0.2, 0.25) is 0 Å². The summed E-state index contributed by atoms with van der Waals surface area (Å²) in [5.74, 6) is 2.31. The summed E-state index contributed by atoms with van der Waals surface area (Å²) in [5.41, 5.74) is 0. The molecule has 0 spiro atoms. The lowest BCUT2D eigenvalue weighted by atomic mass is 9.98. The third-order valence-electron chi connectivity index (χ3n) is 3.54. The van der Waals surface area contributed by atoms with Crippen LogP contribution in [-0.2, 0) is 11.2 Å². The first-order valence-corrected chi connectivity index (χ1v) is 6.06. The Morgan fingerprint density at radius 1 is 1.19 bits per heavy atom. The number of fused-ring (bicyclic) bond motifs is 1. The third kappa shape index (κ3) is 1.64. The Hall–Kier alpha value is -0.940. The molecule has 0 saturated carbocycles. The molecule has 1 aromatic heterocycles. The lowest BCUT2D eigenvalue weighted by Crippen LogP contribution is -2.23. The molecule has 1 unspecified atom stereocenters. The van der Waals surface area contributed by atoms with E-state index in [0.29, 0.717) is 5.92 Å². The van der Waals surface area contributed by atoms with Gasteiger partial charge in [0.1, 0.15) is 17.9 Å². The van der Waals surface area contributed by atoms with E-state index >= 15 is 0 Å². The van der Waals surface area contributed by atoms with Crippen molar-refractivity contribution in [3.8, 4) is 0 Å². The summed E-state index contributed by atoms with van der Waals surface area (Å²) in [6.07, 6.45) is 4.33. The number of nitrogens with zero attached hydrogens (tertiary/aromatic N) is 3. The molecule has 3 rings (SSSR count). The van der Waals surface area contributed by atoms with Crippen LogP contribution in [0, 0.1) is 0 Å². The second-order valence-corrected chi connectivity index (χ2v) is 4.60. The van der Waals surface area contributed by atoms with Crippen LogP contribution >= 0.6 is 0 Å². The lowest BCUT2D eigenvalue weighted by Gasteiger charge is -2.26. The predicted molar refractivity (Wildman–Crippen MR) is 57.0 cm³/mol. The SMILES string of the molecule is OC1CCCc2nnc(C3CCOCC3)n21. The minimum Gasteiger partial charge on any atom is -0.381 e. The van der Waals surface area contributed by atoms with Gasteiger partial charge in [-0.3, -0.25) is 4.57 Å². The van der Waals surface area contributed by atoms with E-state index in [-0.39, 0.29) is 0 Å². The van der Waals surface area contributed by atoms with E-state index in [1.54, 1.807) is 0 Å². The van der Waals surface area contributed by atoms with E-state index in [1.807, 2.05) is 4.57 Å². The molecule has 1 aromatic rings. The Kier molecular flexibility index (Phi) is 2.65. The molecule has 0 radical (unpaired) electrons. The zero-order valence-corrected chi connectivity index (χ0v) is 9.30. The monoisotopic (exact) mass is 223 g/mol. The van der Waals surface area contributed by atoms with E-state index in [9.17, 15) is 5.11 Å². The van der Waals surface area contributed by atoms with E-state index in [1.165, 1.54) is 0 Å². The van der Waals surface area contributed by atoms with Crippen LogP contribution in [0.25, 0.3) is 0 Å². The number of hydrogen-bond donors (Lipinski definition) is 1. The van der Waals surface area contributed by atoms with Crippen molar-refractivity contribution in [3.05, 3.63) is 11.6 Å². The predicted octanol–water partition coefficient (Wildman–Crippen LogP) is 0.999. The highest BCUT2D eigenvalue weighted by Crippen LogP contribution is 2.31. The highest BCUT2D eigenvalue weighted by molar-refractivity contribution is 5.06. The fraction of sp³-hybridized carbons (Fsp3) is 0.818. The number of ether oxygens (including phenoxy) is 1. The number of aliphatic hydroxyl groups is 1. The van der Waals surface area contributed by atoms with E-state index in [2.05, 4.69) is 10.2 Å². The molecule has 5 heteroatoms. The summed E-state index contributed by atoms with van der Waals surface area (Å²) in [4.78, 5) is 0. The molecule has 2 aliphatic heterocycles. The van der Waals surface area contributed by atoms with Crippen LogP contribution in [0.1, 0.15) is 49.5 Å². The molecule has 5 nitrogen and oxygen atoms in total. The van der Waals surface area contributed by atoms with Gasteiger partial charge in [-0.1, -0.05) is 0 Å². The normalized spacial score (nSPS) is 26.7. The molecular weight excluding hydrogens is 206 g/mol. The summed E-state index contributed by atoms with van der Waals surface area (Å²) in [7, 11) is 0. The number of aryl methyl sites for hydroxylation is 1. The number of hydrogen-bond acceptors (Lipinski definition) is 4. The number of rotatable bonds is 1. The summed E-state index contributed by atoms with van der Waals surface area (Å²) in [6, 6.07) is 0. The summed E-state index contributed by atoms with van der Waals surface area (Å²) in [5, 5.41) is 18.5. The largest absolute Gasteiger partial charge is 0.381 e. The van der Waals surface area contributed by atoms with Crippen LogP contribution in [0.5, 0.6) is 0 Å². The first kappa shape index (κ1) is 10.2. The highest BCUT2D eigenvalue weighted by Gasteiger charge is 2.28. The zero-order valence-electron chi connectivity index (χ0n) is 9.30. The van der Waals surface area contributed by atoms with Crippen molar-refractivity contribution < 1.29 is 9.84 Å². The van der Waals surface area contributed by atoms with Gasteiger partial charge in [0.2, 0.25) is 0 Å². The van der Waals surface area contributed by atoms with Gasteiger partial charge in [-0.2, -0.15) is 0 Å².